The Morgan fingerprint density at radius 2 is 1.31 bits per heavy atom. The summed E-state index contributed by atoms with van der Waals surface area (Å²) in [4.78, 5) is 10.6. The summed E-state index contributed by atoms with van der Waals surface area (Å²) in [6, 6.07) is 16.7. The van der Waals surface area contributed by atoms with Crippen molar-refractivity contribution in [2.24, 2.45) is 0 Å². The number of hydrogen-bond donors (Lipinski definition) is 1. The van der Waals surface area contributed by atoms with Gasteiger partial charge in [-0.05, 0) is 23.3 Å². The molecule has 0 heterocycles. The van der Waals surface area contributed by atoms with Crippen LogP contribution >= 0.6 is 0 Å². The molecule has 0 aliphatic heterocycles. The number of carboxylic acids is 1. The van der Waals surface area contributed by atoms with E-state index in [9.17, 15) is 4.79 Å². The summed E-state index contributed by atoms with van der Waals surface area (Å²) < 4.78 is 0. The fourth-order valence-corrected chi connectivity index (χ4v) is 1.44. The van der Waals surface area contributed by atoms with Crippen LogP contribution in [-0.4, -0.2) is 40.6 Å². The van der Waals surface area contributed by atoms with E-state index in [1.807, 2.05) is 42.5 Å². The Morgan fingerprint density at radius 1 is 0.812 bits per heavy atom. The van der Waals surface area contributed by atoms with E-state index in [-0.39, 0.29) is 29.6 Å². The van der Waals surface area contributed by atoms with Gasteiger partial charge in [-0.25, -0.2) is 4.79 Å². The molecular formula is C13H11NaO2. The molecule has 0 atom stereocenters. The van der Waals surface area contributed by atoms with Crippen molar-refractivity contribution in [1.29, 1.82) is 0 Å². The summed E-state index contributed by atoms with van der Waals surface area (Å²) in [7, 11) is 0. The van der Waals surface area contributed by atoms with E-state index in [4.69, 9.17) is 5.11 Å². The van der Waals surface area contributed by atoms with Crippen molar-refractivity contribution in [3.8, 4) is 11.1 Å². The first-order valence-corrected chi connectivity index (χ1v) is 4.66. The minimum absolute atomic E-state index is 0. The first-order valence-electron chi connectivity index (χ1n) is 4.66. The van der Waals surface area contributed by atoms with E-state index < -0.39 is 5.97 Å². The summed E-state index contributed by atoms with van der Waals surface area (Å²) in [6.45, 7) is 0. The van der Waals surface area contributed by atoms with Gasteiger partial charge in [-0.3, -0.25) is 0 Å². The molecule has 0 fully saturated rings. The SMILES string of the molecule is O=C(O)c1ccc(-c2ccccc2)cc1.[NaH]. The molecule has 0 spiro atoms. The summed E-state index contributed by atoms with van der Waals surface area (Å²) in [6.07, 6.45) is 0. The van der Waals surface area contributed by atoms with E-state index in [0.717, 1.165) is 11.1 Å². The maximum absolute atomic E-state index is 10.6. The molecule has 76 valence electrons. The van der Waals surface area contributed by atoms with Gasteiger partial charge in [0.25, 0.3) is 0 Å². The van der Waals surface area contributed by atoms with Gasteiger partial charge in [0.05, 0.1) is 5.56 Å². The molecule has 0 unspecified atom stereocenters. The van der Waals surface area contributed by atoms with Gasteiger partial charge in [0, 0.05) is 0 Å². The Balaban J connectivity index is 0.00000128. The van der Waals surface area contributed by atoms with Crippen LogP contribution in [-0.2, 0) is 0 Å². The van der Waals surface area contributed by atoms with E-state index in [1.54, 1.807) is 12.1 Å². The Kier molecular flexibility index (Phi) is 4.74. The average molecular weight is 222 g/mol. The van der Waals surface area contributed by atoms with Crippen LogP contribution in [0.15, 0.2) is 54.6 Å². The first kappa shape index (κ1) is 13.0. The number of aromatic carboxylic acids is 1. The third kappa shape index (κ3) is 2.95. The second kappa shape index (κ2) is 5.85. The first-order chi connectivity index (χ1) is 7.27. The molecule has 16 heavy (non-hydrogen) atoms. The third-order valence-electron chi connectivity index (χ3n) is 2.24. The van der Waals surface area contributed by atoms with E-state index in [1.165, 1.54) is 0 Å². The Labute approximate surface area is 116 Å². The van der Waals surface area contributed by atoms with E-state index in [2.05, 4.69) is 0 Å². The second-order valence-corrected chi connectivity index (χ2v) is 3.25. The molecule has 2 rings (SSSR count). The van der Waals surface area contributed by atoms with Gasteiger partial charge < -0.3 is 5.11 Å². The zero-order valence-corrected chi connectivity index (χ0v) is 8.05. The van der Waals surface area contributed by atoms with Crippen LogP contribution in [0, 0.1) is 0 Å². The predicted octanol–water partition coefficient (Wildman–Crippen LogP) is 2.40. The topological polar surface area (TPSA) is 37.3 Å². The van der Waals surface area contributed by atoms with Crippen molar-refractivity contribution in [3.63, 3.8) is 0 Å². The monoisotopic (exact) mass is 222 g/mol. The molecule has 2 nitrogen and oxygen atoms in total. The molecule has 0 aliphatic rings. The minimum atomic E-state index is -0.894. The molecule has 0 saturated carbocycles. The summed E-state index contributed by atoms with van der Waals surface area (Å²) in [5.41, 5.74) is 2.43. The van der Waals surface area contributed by atoms with Gasteiger partial charge in [0.15, 0.2) is 0 Å². The Hall–Kier alpha value is -1.09. The normalized spacial score (nSPS) is 9.25. The standard InChI is InChI=1S/C13H10O2.Na.H/c14-13(15)12-8-6-11(7-9-12)10-4-2-1-3-5-10;;/h1-9H,(H,14,15);;. The number of hydrogen-bond acceptors (Lipinski definition) is 1. The van der Waals surface area contributed by atoms with Crippen molar-refractivity contribution in [1.82, 2.24) is 0 Å². The zero-order valence-electron chi connectivity index (χ0n) is 8.05. The van der Waals surface area contributed by atoms with Gasteiger partial charge in [-0.2, -0.15) is 0 Å². The fourth-order valence-electron chi connectivity index (χ4n) is 1.44. The number of carboxylic acid groups (broad SMARTS) is 1. The van der Waals surface area contributed by atoms with Crippen molar-refractivity contribution < 1.29 is 9.90 Å². The molecule has 0 bridgehead atoms. The molecule has 2 aromatic rings. The van der Waals surface area contributed by atoms with E-state index in [0.29, 0.717) is 5.56 Å². The second-order valence-electron chi connectivity index (χ2n) is 3.25. The van der Waals surface area contributed by atoms with Gasteiger partial charge in [0.1, 0.15) is 0 Å². The molecule has 2 aromatic carbocycles. The summed E-state index contributed by atoms with van der Waals surface area (Å²) in [5, 5.41) is 8.75. The van der Waals surface area contributed by atoms with Crippen LogP contribution in [0.2, 0.25) is 0 Å². The van der Waals surface area contributed by atoms with Crippen molar-refractivity contribution >= 4 is 35.5 Å². The molecule has 1 N–H and O–H groups in total. The van der Waals surface area contributed by atoms with Crippen LogP contribution in [0.4, 0.5) is 0 Å². The van der Waals surface area contributed by atoms with Gasteiger partial charge in [-0.1, -0.05) is 42.5 Å². The molecule has 0 amide bonds. The molecule has 0 radical (unpaired) electrons. The molecule has 0 saturated heterocycles. The van der Waals surface area contributed by atoms with Crippen LogP contribution in [0.5, 0.6) is 0 Å². The van der Waals surface area contributed by atoms with Crippen LogP contribution in [0.25, 0.3) is 11.1 Å². The molecular weight excluding hydrogens is 211 g/mol. The van der Waals surface area contributed by atoms with Crippen molar-refractivity contribution in [2.75, 3.05) is 0 Å². The van der Waals surface area contributed by atoms with Crippen molar-refractivity contribution in [3.05, 3.63) is 60.2 Å². The zero-order chi connectivity index (χ0) is 10.7. The van der Waals surface area contributed by atoms with Crippen LogP contribution in [0.1, 0.15) is 10.4 Å². The number of benzene rings is 2. The predicted molar refractivity (Wildman–Crippen MR) is 66.0 cm³/mol. The van der Waals surface area contributed by atoms with Gasteiger partial charge in [-0.15, -0.1) is 0 Å². The summed E-state index contributed by atoms with van der Waals surface area (Å²) >= 11 is 0. The number of rotatable bonds is 2. The average Bonchev–Trinajstić information content (AvgIpc) is 2.30. The summed E-state index contributed by atoms with van der Waals surface area (Å²) in [5.74, 6) is -0.894. The van der Waals surface area contributed by atoms with Crippen LogP contribution in [0.3, 0.4) is 0 Å². The van der Waals surface area contributed by atoms with Crippen LogP contribution < -0.4 is 0 Å². The molecule has 3 heteroatoms. The molecule has 0 aromatic heterocycles. The third-order valence-corrected chi connectivity index (χ3v) is 2.24. The van der Waals surface area contributed by atoms with E-state index >= 15 is 0 Å². The fraction of sp³-hybridized carbons (Fsp3) is 0. The van der Waals surface area contributed by atoms with Gasteiger partial charge >= 0.3 is 35.5 Å². The Morgan fingerprint density at radius 3 is 1.81 bits per heavy atom. The molecule has 0 aliphatic carbocycles. The Bertz CT molecular complexity index is 463. The van der Waals surface area contributed by atoms with Crippen molar-refractivity contribution in [2.45, 2.75) is 0 Å². The van der Waals surface area contributed by atoms with Gasteiger partial charge in [0.2, 0.25) is 0 Å². The number of carbonyl (C=O) groups is 1. The maximum atomic E-state index is 10.6. The quantitative estimate of drug-likeness (QED) is 0.792.